The largest absolute Gasteiger partial charge is 0.320 e. The molecule has 3 nitrogen and oxygen atoms in total. The Kier molecular flexibility index (Phi) is 2.94. The SMILES string of the molecule is NC(c1ccc(F)c(F)c1F)c1cnn2ccccc12. The molecule has 0 radical (unpaired) electrons. The van der Waals surface area contributed by atoms with Crippen molar-refractivity contribution >= 4 is 5.52 Å². The second-order valence-corrected chi connectivity index (χ2v) is 4.37. The molecule has 2 heterocycles. The van der Waals surface area contributed by atoms with Crippen LogP contribution in [-0.4, -0.2) is 9.61 Å². The molecule has 0 bridgehead atoms. The summed E-state index contributed by atoms with van der Waals surface area (Å²) in [5.74, 6) is -4.03. The van der Waals surface area contributed by atoms with Crippen molar-refractivity contribution in [2.24, 2.45) is 5.73 Å². The molecule has 0 aliphatic rings. The molecule has 0 saturated carbocycles. The molecular weight excluding hydrogens is 267 g/mol. The highest BCUT2D eigenvalue weighted by Gasteiger charge is 2.21. The number of nitrogens with zero attached hydrogens (tertiary/aromatic N) is 2. The minimum absolute atomic E-state index is 0.109. The third-order valence-electron chi connectivity index (χ3n) is 3.19. The zero-order valence-electron chi connectivity index (χ0n) is 10.2. The number of pyridine rings is 1. The summed E-state index contributed by atoms with van der Waals surface area (Å²) >= 11 is 0. The molecule has 0 fully saturated rings. The van der Waals surface area contributed by atoms with Crippen molar-refractivity contribution in [3.8, 4) is 0 Å². The number of hydrogen-bond donors (Lipinski definition) is 1. The average Bonchev–Trinajstić information content (AvgIpc) is 2.88. The fourth-order valence-corrected chi connectivity index (χ4v) is 2.14. The summed E-state index contributed by atoms with van der Waals surface area (Å²) in [5.41, 5.74) is 7.08. The first kappa shape index (κ1) is 12.7. The Morgan fingerprint density at radius 3 is 2.60 bits per heavy atom. The van der Waals surface area contributed by atoms with E-state index in [-0.39, 0.29) is 5.56 Å². The third-order valence-corrected chi connectivity index (χ3v) is 3.19. The van der Waals surface area contributed by atoms with Crippen molar-refractivity contribution in [2.75, 3.05) is 0 Å². The van der Waals surface area contributed by atoms with Crippen molar-refractivity contribution in [1.82, 2.24) is 9.61 Å². The summed E-state index contributed by atoms with van der Waals surface area (Å²) in [5, 5.41) is 4.08. The van der Waals surface area contributed by atoms with Gasteiger partial charge in [-0.25, -0.2) is 17.7 Å². The summed E-state index contributed by atoms with van der Waals surface area (Å²) in [4.78, 5) is 0. The number of halogens is 3. The molecule has 1 unspecified atom stereocenters. The number of benzene rings is 1. The van der Waals surface area contributed by atoms with Gasteiger partial charge in [-0.1, -0.05) is 12.1 Å². The van der Waals surface area contributed by atoms with Gasteiger partial charge in [0.25, 0.3) is 0 Å². The molecule has 0 amide bonds. The van der Waals surface area contributed by atoms with E-state index >= 15 is 0 Å². The van der Waals surface area contributed by atoms with Gasteiger partial charge >= 0.3 is 0 Å². The van der Waals surface area contributed by atoms with E-state index < -0.39 is 23.5 Å². The standard InChI is InChI=1S/C14H10F3N3/c15-10-5-4-8(12(16)13(10)17)14(18)9-7-19-20-6-2-1-3-11(9)20/h1-7,14H,18H2. The number of fused-ring (bicyclic) bond motifs is 1. The molecule has 6 heteroatoms. The summed E-state index contributed by atoms with van der Waals surface area (Å²) in [6, 6.07) is 6.41. The van der Waals surface area contributed by atoms with E-state index in [1.165, 1.54) is 6.20 Å². The van der Waals surface area contributed by atoms with E-state index in [1.807, 2.05) is 0 Å². The quantitative estimate of drug-likeness (QED) is 0.732. The molecule has 3 aromatic rings. The van der Waals surface area contributed by atoms with Crippen LogP contribution in [0.1, 0.15) is 17.2 Å². The Hall–Kier alpha value is -2.34. The van der Waals surface area contributed by atoms with Crippen LogP contribution in [0.25, 0.3) is 5.52 Å². The van der Waals surface area contributed by atoms with Crippen LogP contribution < -0.4 is 5.73 Å². The highest BCUT2D eigenvalue weighted by Crippen LogP contribution is 2.27. The molecule has 0 spiro atoms. The predicted octanol–water partition coefficient (Wildman–Crippen LogP) is 2.80. The van der Waals surface area contributed by atoms with Crippen molar-refractivity contribution in [3.63, 3.8) is 0 Å². The zero-order valence-corrected chi connectivity index (χ0v) is 10.2. The summed E-state index contributed by atoms with van der Waals surface area (Å²) in [6.07, 6.45) is 3.20. The first-order valence-corrected chi connectivity index (χ1v) is 5.91. The zero-order chi connectivity index (χ0) is 14.3. The Morgan fingerprint density at radius 1 is 1.00 bits per heavy atom. The van der Waals surface area contributed by atoms with Crippen LogP contribution in [0.3, 0.4) is 0 Å². The topological polar surface area (TPSA) is 43.3 Å². The molecule has 102 valence electrons. The maximum absolute atomic E-state index is 13.8. The number of hydrogen-bond acceptors (Lipinski definition) is 2. The minimum atomic E-state index is -1.52. The highest BCUT2D eigenvalue weighted by molar-refractivity contribution is 5.57. The van der Waals surface area contributed by atoms with Crippen molar-refractivity contribution < 1.29 is 13.2 Å². The van der Waals surface area contributed by atoms with Gasteiger partial charge < -0.3 is 5.73 Å². The van der Waals surface area contributed by atoms with E-state index in [0.717, 1.165) is 12.1 Å². The van der Waals surface area contributed by atoms with Crippen molar-refractivity contribution in [1.29, 1.82) is 0 Å². The van der Waals surface area contributed by atoms with Crippen molar-refractivity contribution in [2.45, 2.75) is 6.04 Å². The lowest BCUT2D eigenvalue weighted by Crippen LogP contribution is -2.14. The van der Waals surface area contributed by atoms with E-state index in [2.05, 4.69) is 5.10 Å². The summed E-state index contributed by atoms with van der Waals surface area (Å²) < 4.78 is 41.6. The molecule has 1 atom stereocenters. The van der Waals surface area contributed by atoms with Gasteiger partial charge in [-0.2, -0.15) is 5.10 Å². The molecule has 2 aromatic heterocycles. The van der Waals surface area contributed by atoms with E-state index in [1.54, 1.807) is 28.9 Å². The van der Waals surface area contributed by atoms with Crippen LogP contribution in [0.5, 0.6) is 0 Å². The van der Waals surface area contributed by atoms with E-state index in [9.17, 15) is 13.2 Å². The van der Waals surface area contributed by atoms with E-state index in [4.69, 9.17) is 5.73 Å². The second-order valence-electron chi connectivity index (χ2n) is 4.37. The lowest BCUT2D eigenvalue weighted by Gasteiger charge is -2.12. The molecule has 0 saturated heterocycles. The number of rotatable bonds is 2. The number of aromatic nitrogens is 2. The van der Waals surface area contributed by atoms with Crippen molar-refractivity contribution in [3.05, 3.63) is 71.3 Å². The average molecular weight is 277 g/mol. The molecule has 0 aliphatic heterocycles. The van der Waals surface area contributed by atoms with Gasteiger partial charge in [0.1, 0.15) is 0 Å². The van der Waals surface area contributed by atoms with E-state index in [0.29, 0.717) is 11.1 Å². The normalized spacial score (nSPS) is 12.8. The summed E-state index contributed by atoms with van der Waals surface area (Å²) in [7, 11) is 0. The van der Waals surface area contributed by atoms with Gasteiger partial charge in [0, 0.05) is 17.3 Å². The van der Waals surface area contributed by atoms with Gasteiger partial charge in [0.15, 0.2) is 17.5 Å². The Balaban J connectivity index is 2.13. The molecule has 20 heavy (non-hydrogen) atoms. The van der Waals surface area contributed by atoms with Crippen LogP contribution >= 0.6 is 0 Å². The molecule has 1 aromatic carbocycles. The third kappa shape index (κ3) is 1.85. The maximum Gasteiger partial charge on any atom is 0.194 e. The molecule has 3 rings (SSSR count). The van der Waals surface area contributed by atoms with Gasteiger partial charge in [0.05, 0.1) is 17.8 Å². The molecule has 2 N–H and O–H groups in total. The Labute approximate surface area is 112 Å². The smallest absolute Gasteiger partial charge is 0.194 e. The van der Waals surface area contributed by atoms with Gasteiger partial charge in [-0.3, -0.25) is 0 Å². The number of nitrogens with two attached hydrogens (primary N) is 1. The monoisotopic (exact) mass is 277 g/mol. The maximum atomic E-state index is 13.8. The lowest BCUT2D eigenvalue weighted by molar-refractivity contribution is 0.438. The molecular formula is C14H10F3N3. The fourth-order valence-electron chi connectivity index (χ4n) is 2.14. The van der Waals surface area contributed by atoms with Crippen LogP contribution in [0.4, 0.5) is 13.2 Å². The predicted molar refractivity (Wildman–Crippen MR) is 67.5 cm³/mol. The second kappa shape index (κ2) is 4.64. The van der Waals surface area contributed by atoms with Crippen LogP contribution in [0.2, 0.25) is 0 Å². The lowest BCUT2D eigenvalue weighted by atomic mass is 10.00. The van der Waals surface area contributed by atoms with Gasteiger partial charge in [-0.05, 0) is 18.2 Å². The van der Waals surface area contributed by atoms with Crippen LogP contribution in [0.15, 0.2) is 42.7 Å². The minimum Gasteiger partial charge on any atom is -0.320 e. The first-order valence-electron chi connectivity index (χ1n) is 5.91. The Bertz CT molecular complexity index is 782. The summed E-state index contributed by atoms with van der Waals surface area (Å²) in [6.45, 7) is 0. The fraction of sp³-hybridized carbons (Fsp3) is 0.0714. The van der Waals surface area contributed by atoms with Crippen LogP contribution in [-0.2, 0) is 0 Å². The Morgan fingerprint density at radius 2 is 1.80 bits per heavy atom. The van der Waals surface area contributed by atoms with Crippen LogP contribution in [0, 0.1) is 17.5 Å². The first-order chi connectivity index (χ1) is 9.59. The highest BCUT2D eigenvalue weighted by atomic mass is 19.2. The molecule has 0 aliphatic carbocycles. The van der Waals surface area contributed by atoms with Gasteiger partial charge in [0.2, 0.25) is 0 Å². The van der Waals surface area contributed by atoms with Gasteiger partial charge in [-0.15, -0.1) is 0 Å².